The van der Waals surface area contributed by atoms with Crippen LogP contribution in [0, 0.1) is 0 Å². The molecule has 1 atom stereocenters. The van der Waals surface area contributed by atoms with Gasteiger partial charge in [0.15, 0.2) is 0 Å². The molecule has 2 aromatic carbocycles. The summed E-state index contributed by atoms with van der Waals surface area (Å²) in [6.45, 7) is 7.79. The van der Waals surface area contributed by atoms with Gasteiger partial charge in [-0.1, -0.05) is 18.2 Å². The zero-order valence-corrected chi connectivity index (χ0v) is 25.9. The lowest BCUT2D eigenvalue weighted by Gasteiger charge is -2.33. The summed E-state index contributed by atoms with van der Waals surface area (Å²) >= 11 is 0. The van der Waals surface area contributed by atoms with Crippen molar-refractivity contribution in [2.75, 3.05) is 52.3 Å². The van der Waals surface area contributed by atoms with E-state index in [1.807, 2.05) is 69.1 Å². The summed E-state index contributed by atoms with van der Waals surface area (Å²) in [6, 6.07) is 11.1. The number of carboxylic acid groups (broad SMARTS) is 1. The van der Waals surface area contributed by atoms with Gasteiger partial charge in [-0.2, -0.15) is 0 Å². The minimum atomic E-state index is -0.996. The lowest BCUT2D eigenvalue weighted by atomic mass is 9.83. The molecule has 0 saturated carbocycles. The van der Waals surface area contributed by atoms with Gasteiger partial charge in [-0.3, -0.25) is 9.59 Å². The molecule has 1 N–H and O–H groups in total. The zero-order valence-electron chi connectivity index (χ0n) is 25.9. The molecule has 0 spiro atoms. The van der Waals surface area contributed by atoms with E-state index in [0.29, 0.717) is 56.0 Å². The van der Waals surface area contributed by atoms with Crippen molar-refractivity contribution in [3.63, 3.8) is 0 Å². The maximum atomic E-state index is 13.6. The number of likely N-dealkylation sites (N-methyl/N-ethyl adjacent to an activating group) is 2. The van der Waals surface area contributed by atoms with Crippen molar-refractivity contribution in [2.45, 2.75) is 58.2 Å². The van der Waals surface area contributed by atoms with Gasteiger partial charge in [0.25, 0.3) is 11.7 Å². The number of hydrogen-bond donors (Lipinski definition) is 1. The van der Waals surface area contributed by atoms with Crippen molar-refractivity contribution in [1.29, 1.82) is 0 Å². The lowest BCUT2D eigenvalue weighted by Crippen LogP contribution is -2.39. The number of anilines is 1. The van der Waals surface area contributed by atoms with Gasteiger partial charge < -0.3 is 34.2 Å². The van der Waals surface area contributed by atoms with Gasteiger partial charge in [0.05, 0.1) is 24.9 Å². The molecule has 43 heavy (non-hydrogen) atoms. The molecule has 2 heterocycles. The number of ketones is 1. The van der Waals surface area contributed by atoms with Crippen LogP contribution in [-0.2, 0) is 22.6 Å². The average molecular weight is 595 g/mol. The minimum absolute atomic E-state index is 0.225. The van der Waals surface area contributed by atoms with Crippen LogP contribution in [-0.4, -0.2) is 96.7 Å². The van der Waals surface area contributed by atoms with Crippen molar-refractivity contribution in [3.05, 3.63) is 58.7 Å². The average Bonchev–Trinajstić information content (AvgIpc) is 3.20. The number of likely N-dealkylation sites (tertiary alicyclic amines) is 1. The first-order chi connectivity index (χ1) is 20.3. The van der Waals surface area contributed by atoms with Crippen molar-refractivity contribution < 1.29 is 33.8 Å². The van der Waals surface area contributed by atoms with Gasteiger partial charge in [-0.05, 0) is 75.5 Å². The molecule has 3 amide bonds. The molecule has 0 bridgehead atoms. The highest BCUT2D eigenvalue weighted by Crippen LogP contribution is 2.41. The second-order valence-electron chi connectivity index (χ2n) is 12.3. The molecule has 1 saturated heterocycles. The van der Waals surface area contributed by atoms with Crippen LogP contribution in [0.25, 0.3) is 0 Å². The van der Waals surface area contributed by atoms with Crippen molar-refractivity contribution >= 4 is 29.6 Å². The monoisotopic (exact) mass is 594 g/mol. The molecule has 2 aliphatic rings. The Hall–Kier alpha value is -4.12. The molecule has 0 aromatic heterocycles. The number of hydrogen-bond acceptors (Lipinski definition) is 7. The number of piperidine rings is 1. The van der Waals surface area contributed by atoms with E-state index in [0.717, 1.165) is 16.7 Å². The molecule has 2 aromatic rings. The third-order valence-corrected chi connectivity index (χ3v) is 7.83. The molecule has 11 heteroatoms. The van der Waals surface area contributed by atoms with Crippen LogP contribution in [0.3, 0.4) is 0 Å². The molecule has 4 rings (SSSR count). The maximum absolute atomic E-state index is 13.6. The van der Waals surface area contributed by atoms with E-state index < -0.39 is 29.5 Å². The van der Waals surface area contributed by atoms with E-state index in [4.69, 9.17) is 9.47 Å². The summed E-state index contributed by atoms with van der Waals surface area (Å²) in [5, 5.41) is 9.72. The second kappa shape index (κ2) is 13.0. The number of ether oxygens (including phenoxy) is 2. The first-order valence-corrected chi connectivity index (χ1v) is 14.5. The van der Waals surface area contributed by atoms with Gasteiger partial charge >= 0.3 is 12.2 Å². The molecule has 0 radical (unpaired) electrons. The van der Waals surface area contributed by atoms with Crippen LogP contribution in [0.4, 0.5) is 15.3 Å². The Balaban J connectivity index is 1.63. The summed E-state index contributed by atoms with van der Waals surface area (Å²) in [5.74, 6) is -0.700. The number of methoxy groups -OCH3 is 1. The Morgan fingerprint density at radius 2 is 1.74 bits per heavy atom. The first-order valence-electron chi connectivity index (χ1n) is 14.5. The summed E-state index contributed by atoms with van der Waals surface area (Å²) < 4.78 is 10.7. The normalized spacial score (nSPS) is 16.9. The molecule has 1 unspecified atom stereocenters. The smallest absolute Gasteiger partial charge is 0.410 e. The number of rotatable bonds is 9. The summed E-state index contributed by atoms with van der Waals surface area (Å²) in [6.07, 6.45) is -0.0344. The number of benzene rings is 2. The van der Waals surface area contributed by atoms with E-state index >= 15 is 0 Å². The summed E-state index contributed by atoms with van der Waals surface area (Å²) in [5.41, 5.74) is 2.78. The highest BCUT2D eigenvalue weighted by atomic mass is 16.6. The molecule has 0 aliphatic carbocycles. The van der Waals surface area contributed by atoms with Crippen LogP contribution in [0.2, 0.25) is 0 Å². The van der Waals surface area contributed by atoms with Crippen LogP contribution >= 0.6 is 0 Å². The van der Waals surface area contributed by atoms with Gasteiger partial charge in [-0.15, -0.1) is 0 Å². The second-order valence-corrected chi connectivity index (χ2v) is 12.3. The predicted molar refractivity (Wildman–Crippen MR) is 162 cm³/mol. The van der Waals surface area contributed by atoms with Gasteiger partial charge in [0.1, 0.15) is 11.4 Å². The van der Waals surface area contributed by atoms with Gasteiger partial charge in [-0.25, -0.2) is 9.59 Å². The number of carbonyl (C=O) groups is 4. The fourth-order valence-electron chi connectivity index (χ4n) is 5.64. The van der Waals surface area contributed by atoms with E-state index in [-0.39, 0.29) is 19.0 Å². The Labute approximate surface area is 252 Å². The van der Waals surface area contributed by atoms with E-state index in [2.05, 4.69) is 0 Å². The highest BCUT2D eigenvalue weighted by Gasteiger charge is 2.41. The molecule has 1 fully saturated rings. The fourth-order valence-corrected chi connectivity index (χ4v) is 5.64. The molecule has 2 aliphatic heterocycles. The first kappa shape index (κ1) is 31.8. The zero-order chi connectivity index (χ0) is 31.5. The molecular weight excluding hydrogens is 552 g/mol. The maximum Gasteiger partial charge on any atom is 0.410 e. The minimum Gasteiger partial charge on any atom is -0.497 e. The van der Waals surface area contributed by atoms with E-state index in [9.17, 15) is 24.3 Å². The summed E-state index contributed by atoms with van der Waals surface area (Å²) in [7, 11) is 5.20. The molecule has 232 valence electrons. The molecular formula is C32H42N4O7. The lowest BCUT2D eigenvalue weighted by molar-refractivity contribution is -0.114. The highest BCUT2D eigenvalue weighted by molar-refractivity contribution is 6.52. The molecule has 11 nitrogen and oxygen atoms in total. The van der Waals surface area contributed by atoms with Crippen LogP contribution in [0.15, 0.2) is 36.4 Å². The Morgan fingerprint density at radius 3 is 2.37 bits per heavy atom. The van der Waals surface area contributed by atoms with Crippen LogP contribution in [0.5, 0.6) is 5.75 Å². The Morgan fingerprint density at radius 1 is 1.05 bits per heavy atom. The van der Waals surface area contributed by atoms with Crippen LogP contribution in [0.1, 0.15) is 66.6 Å². The van der Waals surface area contributed by atoms with Crippen molar-refractivity contribution in [1.82, 2.24) is 14.7 Å². The Kier molecular flexibility index (Phi) is 9.64. The standard InChI is InChI=1S/C32H42N4O7/c1-32(2,3)43-31(41)34(5)17-16-33(4)19-23-11-14-25-27(26(23)22-8-7-15-35(20-22)30(39)40)28(37)29(38)36(25)18-21-9-12-24(42-6)13-10-21/h9-14,22H,7-8,15-20H2,1-6H3,(H,39,40). The van der Waals surface area contributed by atoms with Crippen molar-refractivity contribution in [3.8, 4) is 5.75 Å². The SMILES string of the molecule is COc1ccc(CN2C(=O)C(=O)c3c2ccc(CN(C)CCN(C)C(=O)OC(C)(C)C)c3C2CCCN(C(=O)O)C2)cc1. The van der Waals surface area contributed by atoms with Crippen LogP contribution < -0.4 is 9.64 Å². The quantitative estimate of drug-likeness (QED) is 0.419. The number of Topliss-reactive ketones (excluding diaryl/α,β-unsaturated/α-hetero) is 1. The Bertz CT molecular complexity index is 1370. The van der Waals surface area contributed by atoms with E-state index in [1.165, 1.54) is 14.7 Å². The topological polar surface area (TPSA) is 120 Å². The van der Waals surface area contributed by atoms with Crippen molar-refractivity contribution in [2.24, 2.45) is 0 Å². The number of fused-ring (bicyclic) bond motifs is 1. The third-order valence-electron chi connectivity index (χ3n) is 7.83. The number of amides is 3. The predicted octanol–water partition coefficient (Wildman–Crippen LogP) is 4.58. The van der Waals surface area contributed by atoms with Gasteiger partial charge in [0, 0.05) is 45.7 Å². The number of nitrogens with zero attached hydrogens (tertiary/aromatic N) is 4. The summed E-state index contributed by atoms with van der Waals surface area (Å²) in [4.78, 5) is 57.7. The van der Waals surface area contributed by atoms with Gasteiger partial charge in [0.2, 0.25) is 0 Å². The largest absolute Gasteiger partial charge is 0.497 e. The fraction of sp³-hybridized carbons (Fsp3) is 0.500. The number of carbonyl (C=O) groups excluding carboxylic acids is 3. The van der Waals surface area contributed by atoms with E-state index in [1.54, 1.807) is 14.2 Å². The third kappa shape index (κ3) is 7.45.